The second-order valence-corrected chi connectivity index (χ2v) is 5.55. The summed E-state index contributed by atoms with van der Waals surface area (Å²) < 4.78 is 11.1. The van der Waals surface area contributed by atoms with E-state index >= 15 is 0 Å². The zero-order chi connectivity index (χ0) is 16.6. The smallest absolute Gasteiger partial charge is 0.127 e. The fraction of sp³-hybridized carbons (Fsp3) is 0.143. The molecule has 0 amide bonds. The molecular weight excluding hydrogens is 298 g/mol. The molecule has 3 nitrogen and oxygen atoms in total. The number of benzene rings is 3. The van der Waals surface area contributed by atoms with Crippen LogP contribution < -0.4 is 10.1 Å². The van der Waals surface area contributed by atoms with Crippen molar-refractivity contribution < 1.29 is 9.47 Å². The van der Waals surface area contributed by atoms with Crippen molar-refractivity contribution in [3.05, 3.63) is 90.0 Å². The summed E-state index contributed by atoms with van der Waals surface area (Å²) in [4.78, 5) is 0. The minimum Gasteiger partial charge on any atom is -0.457 e. The van der Waals surface area contributed by atoms with Crippen LogP contribution in [0.3, 0.4) is 0 Å². The summed E-state index contributed by atoms with van der Waals surface area (Å²) in [6, 6.07) is 26.2. The van der Waals surface area contributed by atoms with Crippen molar-refractivity contribution in [2.24, 2.45) is 0 Å². The molecule has 1 N–H and O–H groups in total. The lowest BCUT2D eigenvalue weighted by atomic mass is 10.2. The topological polar surface area (TPSA) is 30.5 Å². The van der Waals surface area contributed by atoms with E-state index in [-0.39, 0.29) is 0 Å². The molecule has 3 heteroatoms. The van der Waals surface area contributed by atoms with Crippen LogP contribution in [-0.2, 0) is 17.9 Å². The average molecular weight is 319 g/mol. The van der Waals surface area contributed by atoms with E-state index in [4.69, 9.17) is 9.47 Å². The predicted molar refractivity (Wildman–Crippen MR) is 97.4 cm³/mol. The first kappa shape index (κ1) is 16.1. The van der Waals surface area contributed by atoms with Crippen molar-refractivity contribution in [3.8, 4) is 11.5 Å². The van der Waals surface area contributed by atoms with Gasteiger partial charge in [0.05, 0.1) is 6.61 Å². The summed E-state index contributed by atoms with van der Waals surface area (Å²) in [5.41, 5.74) is 3.41. The third kappa shape index (κ3) is 4.61. The Hall–Kier alpha value is -2.78. The number of rotatable bonds is 7. The van der Waals surface area contributed by atoms with Crippen LogP contribution >= 0.6 is 0 Å². The molecule has 0 fully saturated rings. The van der Waals surface area contributed by atoms with Crippen LogP contribution in [0.25, 0.3) is 0 Å². The maximum Gasteiger partial charge on any atom is 0.127 e. The average Bonchev–Trinajstić information content (AvgIpc) is 2.62. The molecular formula is C21H21NO2. The zero-order valence-electron chi connectivity index (χ0n) is 13.7. The summed E-state index contributed by atoms with van der Waals surface area (Å²) in [6.45, 7) is 1.36. The summed E-state index contributed by atoms with van der Waals surface area (Å²) >= 11 is 0. The number of hydrogen-bond acceptors (Lipinski definition) is 3. The van der Waals surface area contributed by atoms with Crippen molar-refractivity contribution in [2.45, 2.75) is 13.2 Å². The third-order valence-corrected chi connectivity index (χ3v) is 3.61. The highest BCUT2D eigenvalue weighted by Crippen LogP contribution is 2.22. The fourth-order valence-electron chi connectivity index (χ4n) is 2.49. The maximum atomic E-state index is 5.88. The summed E-state index contributed by atoms with van der Waals surface area (Å²) in [5, 5.41) is 3.44. The van der Waals surface area contributed by atoms with Crippen LogP contribution in [0.5, 0.6) is 11.5 Å². The molecule has 24 heavy (non-hydrogen) atoms. The highest BCUT2D eigenvalue weighted by atomic mass is 16.5. The lowest BCUT2D eigenvalue weighted by Gasteiger charge is -2.10. The minimum atomic E-state index is 0.621. The summed E-state index contributed by atoms with van der Waals surface area (Å²) in [5.74, 6) is 1.68. The molecule has 3 aromatic carbocycles. The molecule has 3 rings (SSSR count). The SMILES string of the molecule is COCc1cccc(NCc2cccc(Oc3ccccc3)c2)c1. The maximum absolute atomic E-state index is 5.88. The van der Waals surface area contributed by atoms with E-state index in [9.17, 15) is 0 Å². The molecule has 0 aromatic heterocycles. The van der Waals surface area contributed by atoms with Gasteiger partial charge in [0.25, 0.3) is 0 Å². The monoisotopic (exact) mass is 319 g/mol. The molecule has 122 valence electrons. The fourth-order valence-corrected chi connectivity index (χ4v) is 2.49. The molecule has 0 spiro atoms. The number of nitrogens with one attached hydrogen (secondary N) is 1. The van der Waals surface area contributed by atoms with Gasteiger partial charge in [0.15, 0.2) is 0 Å². The molecule has 0 bridgehead atoms. The number of anilines is 1. The van der Waals surface area contributed by atoms with Gasteiger partial charge in [-0.25, -0.2) is 0 Å². The van der Waals surface area contributed by atoms with Crippen molar-refractivity contribution in [1.29, 1.82) is 0 Å². The van der Waals surface area contributed by atoms with Gasteiger partial charge in [-0.15, -0.1) is 0 Å². The van der Waals surface area contributed by atoms with E-state index < -0.39 is 0 Å². The second-order valence-electron chi connectivity index (χ2n) is 5.55. The largest absolute Gasteiger partial charge is 0.457 e. The van der Waals surface area contributed by atoms with E-state index in [0.717, 1.165) is 29.3 Å². The van der Waals surface area contributed by atoms with Crippen molar-refractivity contribution >= 4 is 5.69 Å². The minimum absolute atomic E-state index is 0.621. The van der Waals surface area contributed by atoms with Crippen LogP contribution in [0.15, 0.2) is 78.9 Å². The Morgan fingerprint density at radius 3 is 2.33 bits per heavy atom. The van der Waals surface area contributed by atoms with Gasteiger partial charge in [0.2, 0.25) is 0 Å². The molecule has 0 atom stereocenters. The highest BCUT2D eigenvalue weighted by Gasteiger charge is 2.00. The quantitative estimate of drug-likeness (QED) is 0.646. The van der Waals surface area contributed by atoms with Crippen LogP contribution in [0.1, 0.15) is 11.1 Å². The van der Waals surface area contributed by atoms with Gasteiger partial charge in [-0.05, 0) is 47.5 Å². The Bertz CT molecular complexity index is 772. The van der Waals surface area contributed by atoms with E-state index in [1.165, 1.54) is 5.56 Å². The van der Waals surface area contributed by atoms with Crippen LogP contribution in [0.2, 0.25) is 0 Å². The van der Waals surface area contributed by atoms with E-state index in [1.807, 2.05) is 48.5 Å². The van der Waals surface area contributed by atoms with E-state index in [0.29, 0.717) is 6.61 Å². The first-order chi connectivity index (χ1) is 11.8. The molecule has 0 aliphatic heterocycles. The molecule has 3 aromatic rings. The van der Waals surface area contributed by atoms with Gasteiger partial charge in [0, 0.05) is 19.3 Å². The van der Waals surface area contributed by atoms with E-state index in [1.54, 1.807) is 7.11 Å². The standard InChI is InChI=1S/C21H21NO2/c1-23-16-18-8-5-9-19(13-18)22-15-17-7-6-12-21(14-17)24-20-10-3-2-4-11-20/h2-14,22H,15-16H2,1H3. The predicted octanol–water partition coefficient (Wildman–Crippen LogP) is 5.24. The Balaban J connectivity index is 1.63. The van der Waals surface area contributed by atoms with Crippen LogP contribution in [-0.4, -0.2) is 7.11 Å². The Labute approximate surface area is 142 Å². The number of ether oxygens (including phenoxy) is 2. The summed E-state index contributed by atoms with van der Waals surface area (Å²) in [6.07, 6.45) is 0. The third-order valence-electron chi connectivity index (χ3n) is 3.61. The highest BCUT2D eigenvalue weighted by molar-refractivity contribution is 5.46. The Morgan fingerprint density at radius 2 is 1.50 bits per heavy atom. The Kier molecular flexibility index (Phi) is 5.48. The van der Waals surface area contributed by atoms with Gasteiger partial charge in [0.1, 0.15) is 11.5 Å². The van der Waals surface area contributed by atoms with Gasteiger partial charge < -0.3 is 14.8 Å². The first-order valence-electron chi connectivity index (χ1n) is 7.97. The molecule has 0 aliphatic carbocycles. The second kappa shape index (κ2) is 8.18. The number of hydrogen-bond donors (Lipinski definition) is 1. The van der Waals surface area contributed by atoms with Gasteiger partial charge in [-0.2, -0.15) is 0 Å². The van der Waals surface area contributed by atoms with Gasteiger partial charge >= 0.3 is 0 Å². The van der Waals surface area contributed by atoms with Crippen molar-refractivity contribution in [2.75, 3.05) is 12.4 Å². The van der Waals surface area contributed by atoms with E-state index in [2.05, 4.69) is 35.6 Å². The molecule has 0 aliphatic rings. The molecule has 0 heterocycles. The van der Waals surface area contributed by atoms with Crippen LogP contribution in [0.4, 0.5) is 5.69 Å². The van der Waals surface area contributed by atoms with Crippen LogP contribution in [0, 0.1) is 0 Å². The van der Waals surface area contributed by atoms with Gasteiger partial charge in [-0.3, -0.25) is 0 Å². The first-order valence-corrected chi connectivity index (χ1v) is 7.97. The lowest BCUT2D eigenvalue weighted by molar-refractivity contribution is 0.185. The number of methoxy groups -OCH3 is 1. The molecule has 0 unspecified atom stereocenters. The summed E-state index contributed by atoms with van der Waals surface area (Å²) in [7, 11) is 1.71. The Morgan fingerprint density at radius 1 is 0.750 bits per heavy atom. The molecule has 0 saturated heterocycles. The zero-order valence-corrected chi connectivity index (χ0v) is 13.7. The number of para-hydroxylation sites is 1. The van der Waals surface area contributed by atoms with Crippen molar-refractivity contribution in [3.63, 3.8) is 0 Å². The van der Waals surface area contributed by atoms with Crippen molar-refractivity contribution in [1.82, 2.24) is 0 Å². The van der Waals surface area contributed by atoms with Gasteiger partial charge in [-0.1, -0.05) is 42.5 Å². The molecule has 0 radical (unpaired) electrons. The molecule has 0 saturated carbocycles. The normalized spacial score (nSPS) is 10.4. The lowest BCUT2D eigenvalue weighted by Crippen LogP contribution is -2.00.